The number of carbonyl (C=O) groups excluding carboxylic acids is 3. The van der Waals surface area contributed by atoms with E-state index in [9.17, 15) is 90.2 Å². The van der Waals surface area contributed by atoms with Gasteiger partial charge in [-0.3, -0.25) is 0 Å². The first kappa shape index (κ1) is 104. The summed E-state index contributed by atoms with van der Waals surface area (Å²) < 4.78 is 215. The van der Waals surface area contributed by atoms with Gasteiger partial charge in [0.1, 0.15) is 46.2 Å². The van der Waals surface area contributed by atoms with Crippen LogP contribution in [0.4, 0.5) is 95.9 Å². The molecule has 12 rings (SSSR count). The number of halogens is 22. The lowest BCUT2D eigenvalue weighted by molar-refractivity contribution is -0.140. The Morgan fingerprint density at radius 1 is 0.446 bits per heavy atom. The highest BCUT2D eigenvalue weighted by atomic mass is 127. The lowest BCUT2D eigenvalue weighted by Gasteiger charge is -2.13. The fraction of sp³-hybridized carbons (Fsp3) is 0.0886. The molecule has 0 radical (unpaired) electrons. The average molecular weight is 2260 g/mol. The summed E-state index contributed by atoms with van der Waals surface area (Å²) >= 11 is 33.0. The van der Waals surface area contributed by atoms with Crippen molar-refractivity contribution >= 4 is 200 Å². The Kier molecular flexibility index (Phi) is 36.3. The summed E-state index contributed by atoms with van der Waals surface area (Å²) in [7, 11) is 5.75. The van der Waals surface area contributed by atoms with Crippen LogP contribution in [0.5, 0.6) is 17.2 Å². The Morgan fingerprint density at radius 3 is 1.41 bits per heavy atom. The van der Waals surface area contributed by atoms with Gasteiger partial charge in [0, 0.05) is 35.0 Å². The minimum atomic E-state index is -4.91. The van der Waals surface area contributed by atoms with Crippen molar-refractivity contribution in [3.63, 3.8) is 0 Å². The molecule has 6 aromatic carbocycles. The number of benzene rings is 6. The van der Waals surface area contributed by atoms with Crippen LogP contribution in [0.15, 0.2) is 125 Å². The number of aromatic carboxylic acids is 3. The number of hydrogen-bond donors (Lipinski definition) is 9. The van der Waals surface area contributed by atoms with Crippen LogP contribution in [0.1, 0.15) is 74.1 Å². The highest BCUT2D eigenvalue weighted by Gasteiger charge is 2.36. The zero-order valence-corrected chi connectivity index (χ0v) is 75.9. The lowest BCUT2D eigenvalue weighted by Crippen LogP contribution is -2.13. The number of aromatic nitrogens is 8. The Morgan fingerprint density at radius 2 is 0.915 bits per heavy atom. The van der Waals surface area contributed by atoms with Crippen molar-refractivity contribution in [1.82, 2.24) is 39.9 Å². The van der Waals surface area contributed by atoms with Crippen molar-refractivity contribution in [1.29, 1.82) is 0 Å². The van der Waals surface area contributed by atoms with E-state index in [2.05, 4.69) is 97.3 Å². The van der Waals surface area contributed by atoms with E-state index in [1.807, 2.05) is 45.2 Å². The number of rotatable bonds is 17. The van der Waals surface area contributed by atoms with Crippen molar-refractivity contribution in [2.45, 2.75) is 12.8 Å². The van der Waals surface area contributed by atoms with Crippen LogP contribution in [-0.2, 0) is 20.4 Å². The molecule has 6 heterocycles. The number of nitrogens with two attached hydrogens (primary N) is 6. The molecule has 0 bridgehead atoms. The second-order valence-electron chi connectivity index (χ2n) is 24.5. The molecule has 0 aliphatic heterocycles. The van der Waals surface area contributed by atoms with Crippen molar-refractivity contribution in [3.8, 4) is 85.1 Å². The van der Waals surface area contributed by atoms with Crippen LogP contribution in [-0.4, -0.2) is 133 Å². The van der Waals surface area contributed by atoms with Gasteiger partial charge in [0.15, 0.2) is 92.2 Å². The number of esters is 3. The Labute approximate surface area is 784 Å². The maximum Gasteiger partial charge on any atom is 0.419 e. The van der Waals surface area contributed by atoms with Crippen molar-refractivity contribution < 1.29 is 134 Å². The van der Waals surface area contributed by atoms with Crippen LogP contribution in [0.25, 0.3) is 73.9 Å². The predicted molar refractivity (Wildman–Crippen MR) is 470 cm³/mol. The molecule has 12 aromatic rings. The van der Waals surface area contributed by atoms with Gasteiger partial charge in [0.2, 0.25) is 0 Å². The van der Waals surface area contributed by atoms with Gasteiger partial charge in [-0.2, -0.15) is 22.0 Å². The highest BCUT2D eigenvalue weighted by molar-refractivity contribution is 14.1. The van der Waals surface area contributed by atoms with E-state index in [1.165, 1.54) is 82.0 Å². The summed E-state index contributed by atoms with van der Waals surface area (Å²) in [6.45, 7) is 0.468. The number of pyridine rings is 4. The molecule has 15 N–H and O–H groups in total. The van der Waals surface area contributed by atoms with Gasteiger partial charge in [-0.1, -0.05) is 71.2 Å². The smallest absolute Gasteiger partial charge is 0.419 e. The third-order valence-electron chi connectivity index (χ3n) is 16.4. The standard InChI is InChI=1S/C16H11F5N2O2.C13H8Cl2FIN2O2.C13H8ClF2IN2O2.C13H9ClF2N2O3.2C12H8BrF2N3O3/c1-3-8-12(22)11(18)13(23-14(8)15(24)25-2)7-4-5-9(10(17)6-7)16(19,20)21;1-21-13(20)12-9(15)10(18)8(14)11(19-12)5-2-3-7(17)6(16)4-5;1-21-13(20)12-8(14)10(18)9(16)11(19-12)6-3-2-5(17)4-7(6)15;14-10-8(17)5-9(18-11(10)12(19)20)6-1-3-7(4-2-6)21-13(15)16;1-21-9-8(12(19)20)17-11(18-10(9)16)4-2-7(15)5(13)3-6(4)14;1-21-9-8(12(19)20)17-11(18-10(9)16)4-2-3-5(13)7(15)6(4)14/h3-6H,1H2,2H3,(H2,22,23);2*2-4H,1H3,(H2,18,19);1-5,13H,(H2,17,18)(H,19,20);2*2-3H,1H3,(H,19,20)(H2,16,17,18). The summed E-state index contributed by atoms with van der Waals surface area (Å²) in [5.74, 6) is -17.4. The Balaban J connectivity index is 0.000000214. The molecular formula is C79H52Br2Cl4F14I2N14O15. The van der Waals surface area contributed by atoms with Gasteiger partial charge in [-0.15, -0.1) is 0 Å². The minimum absolute atomic E-state index is 0.0114. The van der Waals surface area contributed by atoms with Gasteiger partial charge >= 0.3 is 48.6 Å². The number of nitrogen functional groups attached to an aromatic ring is 6. The van der Waals surface area contributed by atoms with E-state index in [0.29, 0.717) is 30.4 Å². The highest BCUT2D eigenvalue weighted by Crippen LogP contribution is 2.42. The topological polar surface area (TPSA) is 478 Å². The Hall–Kier alpha value is -12.6. The second-order valence-corrected chi connectivity index (χ2v) is 30.1. The first-order valence-electron chi connectivity index (χ1n) is 34.3. The number of ether oxygens (including phenoxy) is 6. The lowest BCUT2D eigenvalue weighted by atomic mass is 10.0. The van der Waals surface area contributed by atoms with E-state index in [-0.39, 0.29) is 137 Å². The molecule has 682 valence electrons. The third-order valence-corrected chi connectivity index (χ3v) is 20.7. The molecule has 130 heavy (non-hydrogen) atoms. The number of nitrogens with zero attached hydrogens (tertiary/aromatic N) is 8. The van der Waals surface area contributed by atoms with Crippen molar-refractivity contribution in [3.05, 3.63) is 250 Å². The van der Waals surface area contributed by atoms with E-state index < -0.39 is 146 Å². The van der Waals surface area contributed by atoms with Gasteiger partial charge in [0.25, 0.3) is 0 Å². The number of carboxylic acids is 3. The normalized spacial score (nSPS) is 10.7. The molecular weight excluding hydrogens is 2210 g/mol. The number of carboxylic acid groups (broad SMARTS) is 3. The maximum atomic E-state index is 14.4. The van der Waals surface area contributed by atoms with Crippen molar-refractivity contribution in [2.75, 3.05) is 70.0 Å². The zero-order chi connectivity index (χ0) is 97.4. The van der Waals surface area contributed by atoms with E-state index >= 15 is 0 Å². The molecule has 0 spiro atoms. The predicted octanol–water partition coefficient (Wildman–Crippen LogP) is 20.1. The van der Waals surface area contributed by atoms with Crippen LogP contribution in [0.3, 0.4) is 0 Å². The van der Waals surface area contributed by atoms with E-state index in [4.69, 9.17) is 106 Å². The Bertz CT molecular complexity index is 6410. The second kappa shape index (κ2) is 45.1. The van der Waals surface area contributed by atoms with Crippen LogP contribution >= 0.6 is 123 Å². The average Bonchev–Trinajstić information content (AvgIpc) is 0.776. The van der Waals surface area contributed by atoms with Crippen LogP contribution in [0, 0.1) is 59.5 Å². The molecule has 0 unspecified atom stereocenters. The molecule has 0 atom stereocenters. The third kappa shape index (κ3) is 24.7. The molecule has 6 aromatic heterocycles. The number of anilines is 6. The first-order valence-corrected chi connectivity index (χ1v) is 39.6. The fourth-order valence-electron chi connectivity index (χ4n) is 10.3. The molecule has 0 aliphatic carbocycles. The summed E-state index contributed by atoms with van der Waals surface area (Å²) in [4.78, 5) is 98.5. The summed E-state index contributed by atoms with van der Waals surface area (Å²) in [6.07, 6.45) is -3.83. The molecule has 0 saturated heterocycles. The van der Waals surface area contributed by atoms with E-state index in [1.54, 1.807) is 18.2 Å². The minimum Gasteiger partial charge on any atom is -0.491 e. The fourth-order valence-corrected chi connectivity index (χ4v) is 12.6. The number of methoxy groups -OCH3 is 5. The molecule has 0 amide bonds. The summed E-state index contributed by atoms with van der Waals surface area (Å²) in [5.41, 5.74) is 27.9. The maximum absolute atomic E-state index is 14.4. The monoisotopic (exact) mass is 2250 g/mol. The van der Waals surface area contributed by atoms with Crippen LogP contribution < -0.4 is 48.6 Å². The van der Waals surface area contributed by atoms with Gasteiger partial charge in [0.05, 0.1) is 115 Å². The zero-order valence-electron chi connectivity index (χ0n) is 65.4. The summed E-state index contributed by atoms with van der Waals surface area (Å²) in [5, 5.41) is 26.6. The first-order chi connectivity index (χ1) is 60.9. The molecule has 0 fully saturated rings. The van der Waals surface area contributed by atoms with Crippen LogP contribution in [0.2, 0.25) is 20.1 Å². The number of hydrogen-bond acceptors (Lipinski definition) is 26. The largest absolute Gasteiger partial charge is 0.491 e. The van der Waals surface area contributed by atoms with Gasteiger partial charge in [-0.25, -0.2) is 108 Å². The van der Waals surface area contributed by atoms with E-state index in [0.717, 1.165) is 38.5 Å². The van der Waals surface area contributed by atoms with Gasteiger partial charge < -0.3 is 78.1 Å². The molecule has 51 heteroatoms. The quantitative estimate of drug-likeness (QED) is 0.0102. The van der Waals surface area contributed by atoms with Crippen molar-refractivity contribution in [2.24, 2.45) is 0 Å². The molecule has 0 saturated carbocycles. The number of alkyl halides is 5. The number of carbonyl (C=O) groups is 6. The SMILES string of the molecule is C=Cc1c(C(=O)OC)nc(-c2ccc(C(F)(F)F)c(F)c2)c(F)c1N.COC(=O)c1nc(-c2ccc(I)c(F)c2)c(Cl)c(N)c1Cl.COC(=O)c1nc(-c2ccc(I)cc2F)c(F)c(N)c1Cl.COc1c(N)nc(-c2cc(F)c(Br)cc2F)nc1C(=O)O.COc1c(N)nc(-c2ccc(Br)c(F)c2F)nc1C(=O)O.Nc1cc(-c2ccc(OC(F)F)cc2)nc(C(=O)O)c1Cl. The summed E-state index contributed by atoms with van der Waals surface area (Å²) in [6, 6.07) is 21.4. The van der Waals surface area contributed by atoms with Gasteiger partial charge in [-0.05, 0) is 174 Å². The molecule has 0 aliphatic rings. The molecule has 29 nitrogen and oxygen atoms in total.